The topological polar surface area (TPSA) is 48.1 Å². The predicted octanol–water partition coefficient (Wildman–Crippen LogP) is 3.17. The van der Waals surface area contributed by atoms with Crippen LogP contribution in [0.15, 0.2) is 5.38 Å². The van der Waals surface area contributed by atoms with Gasteiger partial charge in [0.25, 0.3) is 0 Å². The Morgan fingerprint density at radius 3 is 3.06 bits per heavy atom. The number of hydrogen-bond acceptors (Lipinski definition) is 4. The minimum atomic E-state index is -0.158. The second-order valence-electron chi connectivity index (χ2n) is 4.71. The van der Waals surface area contributed by atoms with Crippen LogP contribution < -0.4 is 5.73 Å². The summed E-state index contributed by atoms with van der Waals surface area (Å²) in [7, 11) is 0. The van der Waals surface area contributed by atoms with Crippen molar-refractivity contribution in [3.63, 3.8) is 0 Å². The molecule has 0 saturated heterocycles. The van der Waals surface area contributed by atoms with Gasteiger partial charge in [-0.25, -0.2) is 4.98 Å². The molecule has 0 radical (unpaired) electrons. The van der Waals surface area contributed by atoms with Crippen LogP contribution in [0.5, 0.6) is 0 Å². The van der Waals surface area contributed by atoms with Crippen LogP contribution in [0.1, 0.15) is 44.5 Å². The SMILES string of the molecule is CCOC1(c2nc(N)cs2)CCCC(C)C1. The van der Waals surface area contributed by atoms with Crippen LogP contribution in [0.4, 0.5) is 5.82 Å². The Labute approximate surface area is 101 Å². The molecule has 1 aliphatic rings. The molecule has 0 amide bonds. The van der Waals surface area contributed by atoms with E-state index in [4.69, 9.17) is 10.5 Å². The number of nitrogens with two attached hydrogens (primary N) is 1. The lowest BCUT2D eigenvalue weighted by molar-refractivity contribution is -0.0819. The molecule has 90 valence electrons. The van der Waals surface area contributed by atoms with E-state index in [0.717, 1.165) is 24.5 Å². The molecule has 0 bridgehead atoms. The molecule has 1 saturated carbocycles. The van der Waals surface area contributed by atoms with Gasteiger partial charge in [-0.15, -0.1) is 11.3 Å². The number of anilines is 1. The van der Waals surface area contributed by atoms with Gasteiger partial charge in [0.05, 0.1) is 0 Å². The third-order valence-electron chi connectivity index (χ3n) is 3.29. The summed E-state index contributed by atoms with van der Waals surface area (Å²) in [6.07, 6.45) is 4.68. The zero-order valence-electron chi connectivity index (χ0n) is 10.0. The Bertz CT molecular complexity index is 349. The average Bonchev–Trinajstić information content (AvgIpc) is 2.66. The molecule has 1 aromatic rings. The van der Waals surface area contributed by atoms with Crippen LogP contribution in [0, 0.1) is 5.92 Å². The van der Waals surface area contributed by atoms with Crippen LogP contribution >= 0.6 is 11.3 Å². The number of aromatic nitrogens is 1. The van der Waals surface area contributed by atoms with E-state index < -0.39 is 0 Å². The van der Waals surface area contributed by atoms with E-state index >= 15 is 0 Å². The Kier molecular flexibility index (Phi) is 3.50. The average molecular weight is 240 g/mol. The fourth-order valence-electron chi connectivity index (χ4n) is 2.66. The third-order valence-corrected chi connectivity index (χ3v) is 4.33. The molecule has 16 heavy (non-hydrogen) atoms. The Hall–Kier alpha value is -0.610. The number of ether oxygens (including phenoxy) is 1. The van der Waals surface area contributed by atoms with Crippen molar-refractivity contribution in [1.29, 1.82) is 0 Å². The second-order valence-corrected chi connectivity index (χ2v) is 5.56. The van der Waals surface area contributed by atoms with Gasteiger partial charge in [0.15, 0.2) is 0 Å². The first kappa shape index (κ1) is 11.9. The minimum absolute atomic E-state index is 0.158. The molecule has 1 aliphatic carbocycles. The van der Waals surface area contributed by atoms with E-state index in [1.54, 1.807) is 11.3 Å². The van der Waals surface area contributed by atoms with Crippen molar-refractivity contribution in [1.82, 2.24) is 4.98 Å². The van der Waals surface area contributed by atoms with E-state index in [9.17, 15) is 0 Å². The Morgan fingerprint density at radius 2 is 2.50 bits per heavy atom. The summed E-state index contributed by atoms with van der Waals surface area (Å²) in [5, 5.41) is 2.98. The van der Waals surface area contributed by atoms with E-state index in [-0.39, 0.29) is 5.60 Å². The summed E-state index contributed by atoms with van der Waals surface area (Å²) in [5.74, 6) is 1.34. The van der Waals surface area contributed by atoms with Crippen LogP contribution in [-0.4, -0.2) is 11.6 Å². The second kappa shape index (κ2) is 4.72. The number of nitrogen functional groups attached to an aromatic ring is 1. The molecular weight excluding hydrogens is 220 g/mol. The van der Waals surface area contributed by atoms with Gasteiger partial charge < -0.3 is 10.5 Å². The van der Waals surface area contributed by atoms with Gasteiger partial charge in [-0.3, -0.25) is 0 Å². The van der Waals surface area contributed by atoms with Gasteiger partial charge in [0.1, 0.15) is 16.4 Å². The van der Waals surface area contributed by atoms with Crippen LogP contribution in [0.25, 0.3) is 0 Å². The van der Waals surface area contributed by atoms with Crippen molar-refractivity contribution < 1.29 is 4.74 Å². The summed E-state index contributed by atoms with van der Waals surface area (Å²) in [6.45, 7) is 5.09. The van der Waals surface area contributed by atoms with Crippen molar-refractivity contribution >= 4 is 17.2 Å². The number of hydrogen-bond donors (Lipinski definition) is 1. The quantitative estimate of drug-likeness (QED) is 0.882. The highest BCUT2D eigenvalue weighted by atomic mass is 32.1. The first-order valence-corrected chi connectivity index (χ1v) is 6.89. The fourth-order valence-corrected chi connectivity index (χ4v) is 3.56. The molecular formula is C12H20N2OS. The molecule has 1 fully saturated rings. The van der Waals surface area contributed by atoms with Crippen molar-refractivity contribution in [3.8, 4) is 0 Å². The molecule has 1 aromatic heterocycles. The molecule has 2 atom stereocenters. The van der Waals surface area contributed by atoms with Crippen LogP contribution in [0.3, 0.4) is 0 Å². The maximum Gasteiger partial charge on any atom is 0.134 e. The van der Waals surface area contributed by atoms with Gasteiger partial charge in [-0.2, -0.15) is 0 Å². The summed E-state index contributed by atoms with van der Waals surface area (Å²) in [6, 6.07) is 0. The lowest BCUT2D eigenvalue weighted by atomic mass is 9.79. The minimum Gasteiger partial charge on any atom is -0.383 e. The molecule has 3 nitrogen and oxygen atoms in total. The van der Waals surface area contributed by atoms with Crippen LogP contribution in [-0.2, 0) is 10.3 Å². The zero-order chi connectivity index (χ0) is 11.6. The maximum absolute atomic E-state index is 6.03. The number of rotatable bonds is 3. The lowest BCUT2D eigenvalue weighted by Crippen LogP contribution is -2.35. The zero-order valence-corrected chi connectivity index (χ0v) is 10.8. The Balaban J connectivity index is 2.27. The van der Waals surface area contributed by atoms with Crippen molar-refractivity contribution in [2.24, 2.45) is 5.92 Å². The molecule has 2 unspecified atom stereocenters. The largest absolute Gasteiger partial charge is 0.383 e. The van der Waals surface area contributed by atoms with Crippen molar-refractivity contribution in [2.75, 3.05) is 12.3 Å². The van der Waals surface area contributed by atoms with E-state index in [2.05, 4.69) is 18.8 Å². The van der Waals surface area contributed by atoms with Gasteiger partial charge in [0.2, 0.25) is 0 Å². The molecule has 2 rings (SSSR count). The first-order valence-electron chi connectivity index (χ1n) is 6.02. The molecule has 2 N–H and O–H groups in total. The van der Waals surface area contributed by atoms with Gasteiger partial charge in [0, 0.05) is 12.0 Å². The van der Waals surface area contributed by atoms with E-state index in [1.807, 2.05) is 5.38 Å². The fraction of sp³-hybridized carbons (Fsp3) is 0.750. The molecule has 0 aromatic carbocycles. The Morgan fingerprint density at radius 1 is 1.69 bits per heavy atom. The van der Waals surface area contributed by atoms with Crippen molar-refractivity contribution in [2.45, 2.75) is 45.1 Å². The van der Waals surface area contributed by atoms with Gasteiger partial charge in [-0.1, -0.05) is 13.3 Å². The third kappa shape index (κ3) is 2.23. The van der Waals surface area contributed by atoms with Gasteiger partial charge in [-0.05, 0) is 32.1 Å². The van der Waals surface area contributed by atoms with E-state index in [0.29, 0.717) is 11.7 Å². The highest BCUT2D eigenvalue weighted by molar-refractivity contribution is 7.10. The molecule has 4 heteroatoms. The monoisotopic (exact) mass is 240 g/mol. The predicted molar refractivity (Wildman–Crippen MR) is 67.5 cm³/mol. The number of thiazole rings is 1. The maximum atomic E-state index is 6.03. The molecule has 0 spiro atoms. The van der Waals surface area contributed by atoms with E-state index in [1.165, 1.54) is 12.8 Å². The smallest absolute Gasteiger partial charge is 0.134 e. The normalized spacial score (nSPS) is 30.5. The molecule has 0 aliphatic heterocycles. The van der Waals surface area contributed by atoms with Crippen molar-refractivity contribution in [3.05, 3.63) is 10.4 Å². The summed E-state index contributed by atoms with van der Waals surface area (Å²) in [4.78, 5) is 4.43. The summed E-state index contributed by atoms with van der Waals surface area (Å²) < 4.78 is 6.03. The van der Waals surface area contributed by atoms with Crippen LogP contribution in [0.2, 0.25) is 0 Å². The first-order chi connectivity index (χ1) is 7.66. The highest BCUT2D eigenvalue weighted by Gasteiger charge is 2.39. The summed E-state index contributed by atoms with van der Waals surface area (Å²) in [5.41, 5.74) is 5.56. The van der Waals surface area contributed by atoms with Gasteiger partial charge >= 0.3 is 0 Å². The highest BCUT2D eigenvalue weighted by Crippen LogP contribution is 2.44. The standard InChI is InChI=1S/C12H20N2OS/c1-3-15-12(6-4-5-9(2)7-12)11-14-10(13)8-16-11/h8-9H,3-7,13H2,1-2H3. The number of nitrogens with zero attached hydrogens (tertiary/aromatic N) is 1. The molecule has 1 heterocycles. The summed E-state index contributed by atoms with van der Waals surface area (Å²) >= 11 is 1.64. The lowest BCUT2D eigenvalue weighted by Gasteiger charge is -2.38.